The number of aliphatic hydroxyl groups excluding tert-OH is 1. The Labute approximate surface area is 133 Å². The molecule has 3 heterocycles. The van der Waals surface area contributed by atoms with Crippen LogP contribution in [0.2, 0.25) is 0 Å². The Balaban J connectivity index is 1.44. The Morgan fingerprint density at radius 3 is 2.64 bits per heavy atom. The van der Waals surface area contributed by atoms with Crippen molar-refractivity contribution in [2.75, 3.05) is 46.3 Å². The van der Waals surface area contributed by atoms with Crippen molar-refractivity contribution >= 4 is 0 Å². The second-order valence-electron chi connectivity index (χ2n) is 7.56. The van der Waals surface area contributed by atoms with Crippen molar-refractivity contribution in [2.24, 2.45) is 0 Å². The van der Waals surface area contributed by atoms with Crippen LogP contribution in [0.5, 0.6) is 0 Å². The van der Waals surface area contributed by atoms with Gasteiger partial charge in [0.2, 0.25) is 0 Å². The largest absolute Gasteiger partial charge is 0.392 e. The van der Waals surface area contributed by atoms with E-state index in [1.165, 1.54) is 5.56 Å². The molecule has 4 heteroatoms. The van der Waals surface area contributed by atoms with E-state index in [0.717, 1.165) is 52.1 Å². The number of rotatable bonds is 3. The second-order valence-corrected chi connectivity index (χ2v) is 7.56. The first-order valence-electron chi connectivity index (χ1n) is 8.54. The van der Waals surface area contributed by atoms with E-state index < -0.39 is 0 Å². The van der Waals surface area contributed by atoms with Crippen LogP contribution in [0.3, 0.4) is 0 Å². The summed E-state index contributed by atoms with van der Waals surface area (Å²) >= 11 is 0. The van der Waals surface area contributed by atoms with Crippen LogP contribution in [0.1, 0.15) is 12.0 Å². The van der Waals surface area contributed by atoms with Crippen molar-refractivity contribution in [1.82, 2.24) is 14.7 Å². The lowest BCUT2D eigenvalue weighted by Gasteiger charge is -2.60. The Morgan fingerprint density at radius 2 is 1.91 bits per heavy atom. The SMILES string of the molecule is CN1CC2(C1)CN(CCc1ccccc1)C[C@@H]1C[C@@H](O)CN12. The number of piperazine rings is 1. The molecule has 4 rings (SSSR count). The van der Waals surface area contributed by atoms with E-state index in [0.29, 0.717) is 11.6 Å². The van der Waals surface area contributed by atoms with E-state index in [1.807, 2.05) is 0 Å². The maximum absolute atomic E-state index is 10.1. The first-order chi connectivity index (χ1) is 10.6. The fourth-order valence-corrected chi connectivity index (χ4v) is 4.86. The number of β-amino-alcohol motifs (C(OH)–C–C–N with tert-alkyl or cyclic N) is 1. The summed E-state index contributed by atoms with van der Waals surface area (Å²) < 4.78 is 0. The van der Waals surface area contributed by atoms with E-state index in [4.69, 9.17) is 0 Å². The van der Waals surface area contributed by atoms with Crippen LogP contribution in [-0.2, 0) is 6.42 Å². The maximum Gasteiger partial charge on any atom is 0.0682 e. The molecule has 0 bridgehead atoms. The van der Waals surface area contributed by atoms with Gasteiger partial charge in [-0.3, -0.25) is 9.80 Å². The molecule has 3 fully saturated rings. The van der Waals surface area contributed by atoms with Crippen LogP contribution in [0.15, 0.2) is 30.3 Å². The average Bonchev–Trinajstić information content (AvgIpc) is 2.86. The Hall–Kier alpha value is -0.940. The third-order valence-electron chi connectivity index (χ3n) is 5.68. The molecule has 0 aliphatic carbocycles. The van der Waals surface area contributed by atoms with Crippen LogP contribution < -0.4 is 0 Å². The van der Waals surface area contributed by atoms with Crippen molar-refractivity contribution in [3.63, 3.8) is 0 Å². The predicted octanol–water partition coefficient (Wildman–Crippen LogP) is 0.664. The highest BCUT2D eigenvalue weighted by Crippen LogP contribution is 2.38. The summed E-state index contributed by atoms with van der Waals surface area (Å²) in [6.07, 6.45) is 1.96. The lowest BCUT2D eigenvalue weighted by Crippen LogP contribution is -2.77. The summed E-state index contributed by atoms with van der Waals surface area (Å²) in [5, 5.41) is 10.1. The Kier molecular flexibility index (Phi) is 3.73. The molecule has 2 atom stereocenters. The number of aliphatic hydroxyl groups is 1. The first-order valence-corrected chi connectivity index (χ1v) is 8.54. The van der Waals surface area contributed by atoms with Gasteiger partial charge in [-0.2, -0.15) is 0 Å². The van der Waals surface area contributed by atoms with Gasteiger partial charge in [0.1, 0.15) is 0 Å². The van der Waals surface area contributed by atoms with Crippen molar-refractivity contribution in [1.29, 1.82) is 0 Å². The van der Waals surface area contributed by atoms with Gasteiger partial charge >= 0.3 is 0 Å². The summed E-state index contributed by atoms with van der Waals surface area (Å²) in [6.45, 7) is 6.60. The standard InChI is InChI=1S/C18H27N3O/c1-19-12-18(13-19)14-20(8-7-15-5-3-2-4-6-15)10-16-9-17(22)11-21(16)18/h2-6,16-17,22H,7-14H2,1H3/t16-,17+/m0/s1. The minimum Gasteiger partial charge on any atom is -0.392 e. The monoisotopic (exact) mass is 301 g/mol. The fraction of sp³-hybridized carbons (Fsp3) is 0.667. The van der Waals surface area contributed by atoms with E-state index in [1.54, 1.807) is 0 Å². The molecular formula is C18H27N3O. The van der Waals surface area contributed by atoms with Crippen LogP contribution in [0.4, 0.5) is 0 Å². The van der Waals surface area contributed by atoms with Gasteiger partial charge < -0.3 is 10.0 Å². The van der Waals surface area contributed by atoms with Crippen molar-refractivity contribution in [3.05, 3.63) is 35.9 Å². The van der Waals surface area contributed by atoms with Gasteiger partial charge in [-0.1, -0.05) is 30.3 Å². The van der Waals surface area contributed by atoms with E-state index >= 15 is 0 Å². The molecule has 1 N–H and O–H groups in total. The van der Waals surface area contributed by atoms with Crippen LogP contribution in [0, 0.1) is 0 Å². The van der Waals surface area contributed by atoms with E-state index in [-0.39, 0.29) is 6.10 Å². The third kappa shape index (κ3) is 2.58. The molecule has 1 aromatic rings. The molecule has 4 nitrogen and oxygen atoms in total. The normalized spacial score (nSPS) is 32.1. The average molecular weight is 301 g/mol. The molecule has 3 aliphatic heterocycles. The number of likely N-dealkylation sites (tertiary alicyclic amines) is 1. The molecule has 120 valence electrons. The van der Waals surface area contributed by atoms with Gasteiger partial charge in [0.25, 0.3) is 0 Å². The second kappa shape index (κ2) is 5.60. The van der Waals surface area contributed by atoms with Crippen LogP contribution >= 0.6 is 0 Å². The van der Waals surface area contributed by atoms with Crippen molar-refractivity contribution < 1.29 is 5.11 Å². The topological polar surface area (TPSA) is 30.0 Å². The van der Waals surface area contributed by atoms with Crippen LogP contribution in [0.25, 0.3) is 0 Å². The van der Waals surface area contributed by atoms with Gasteiger partial charge in [0.15, 0.2) is 0 Å². The summed E-state index contributed by atoms with van der Waals surface area (Å²) in [5.74, 6) is 0. The summed E-state index contributed by atoms with van der Waals surface area (Å²) in [7, 11) is 2.20. The first kappa shape index (κ1) is 14.6. The zero-order valence-corrected chi connectivity index (χ0v) is 13.5. The molecular weight excluding hydrogens is 274 g/mol. The highest BCUT2D eigenvalue weighted by atomic mass is 16.3. The lowest BCUT2D eigenvalue weighted by atomic mass is 9.84. The molecule has 1 aromatic carbocycles. The zero-order chi connectivity index (χ0) is 15.2. The smallest absolute Gasteiger partial charge is 0.0682 e. The number of likely N-dealkylation sites (N-methyl/N-ethyl adjacent to an activating group) is 1. The molecule has 1 spiro atoms. The van der Waals surface area contributed by atoms with Gasteiger partial charge in [0.05, 0.1) is 11.6 Å². The number of hydrogen-bond acceptors (Lipinski definition) is 4. The highest BCUT2D eigenvalue weighted by Gasteiger charge is 2.54. The number of benzene rings is 1. The number of hydrogen-bond donors (Lipinski definition) is 1. The van der Waals surface area contributed by atoms with Gasteiger partial charge in [-0.25, -0.2) is 0 Å². The minimum absolute atomic E-state index is 0.123. The maximum atomic E-state index is 10.1. The summed E-state index contributed by atoms with van der Waals surface area (Å²) in [6, 6.07) is 11.3. The van der Waals surface area contributed by atoms with Crippen LogP contribution in [-0.4, -0.2) is 83.8 Å². The molecule has 0 radical (unpaired) electrons. The summed E-state index contributed by atoms with van der Waals surface area (Å²) in [4.78, 5) is 7.67. The number of nitrogens with zero attached hydrogens (tertiary/aromatic N) is 3. The third-order valence-corrected chi connectivity index (χ3v) is 5.68. The molecule has 0 amide bonds. The quantitative estimate of drug-likeness (QED) is 0.888. The Morgan fingerprint density at radius 1 is 1.14 bits per heavy atom. The molecule has 0 aromatic heterocycles. The van der Waals surface area contributed by atoms with Gasteiger partial charge in [-0.05, 0) is 25.5 Å². The molecule has 0 saturated carbocycles. The lowest BCUT2D eigenvalue weighted by molar-refractivity contribution is -0.104. The Bertz CT molecular complexity index is 514. The predicted molar refractivity (Wildman–Crippen MR) is 87.9 cm³/mol. The molecule has 3 aliphatic rings. The highest BCUT2D eigenvalue weighted by molar-refractivity contribution is 5.16. The van der Waals surface area contributed by atoms with E-state index in [9.17, 15) is 5.11 Å². The van der Waals surface area contributed by atoms with Crippen molar-refractivity contribution in [3.8, 4) is 0 Å². The molecule has 3 saturated heterocycles. The molecule has 0 unspecified atom stereocenters. The zero-order valence-electron chi connectivity index (χ0n) is 13.5. The minimum atomic E-state index is -0.123. The van der Waals surface area contributed by atoms with E-state index in [2.05, 4.69) is 52.1 Å². The van der Waals surface area contributed by atoms with Gasteiger partial charge in [-0.15, -0.1) is 0 Å². The fourth-order valence-electron chi connectivity index (χ4n) is 4.86. The molecule has 22 heavy (non-hydrogen) atoms. The van der Waals surface area contributed by atoms with Gasteiger partial charge in [0, 0.05) is 45.3 Å². The van der Waals surface area contributed by atoms with Crippen molar-refractivity contribution in [2.45, 2.75) is 30.5 Å². The summed E-state index contributed by atoms with van der Waals surface area (Å²) in [5.41, 5.74) is 1.72. The number of fused-ring (bicyclic) bond motifs is 2.